The molecule has 0 aliphatic heterocycles. The SMILES string of the molecule is Cc1ccc(NC(=O)C2(c3ccccc3)CCCCC2)cc1-c1ccc2ccncc2c1. The molecule has 0 spiro atoms. The third-order valence-corrected chi connectivity index (χ3v) is 6.92. The van der Waals surface area contributed by atoms with Crippen molar-refractivity contribution in [2.75, 3.05) is 5.32 Å². The molecule has 1 aromatic heterocycles. The molecule has 0 atom stereocenters. The van der Waals surface area contributed by atoms with Gasteiger partial charge in [-0.15, -0.1) is 0 Å². The molecule has 0 radical (unpaired) electrons. The van der Waals surface area contributed by atoms with Crippen molar-refractivity contribution in [2.45, 2.75) is 44.4 Å². The first-order chi connectivity index (χ1) is 15.7. The fourth-order valence-corrected chi connectivity index (χ4v) is 5.07. The zero-order valence-electron chi connectivity index (χ0n) is 18.5. The van der Waals surface area contributed by atoms with Crippen LogP contribution in [-0.4, -0.2) is 10.9 Å². The normalized spacial score (nSPS) is 15.4. The first-order valence-electron chi connectivity index (χ1n) is 11.5. The Morgan fingerprint density at radius 2 is 1.69 bits per heavy atom. The summed E-state index contributed by atoms with van der Waals surface area (Å²) in [4.78, 5) is 17.9. The van der Waals surface area contributed by atoms with Gasteiger partial charge in [-0.05, 0) is 71.7 Å². The highest BCUT2D eigenvalue weighted by Crippen LogP contribution is 2.40. The molecule has 0 bridgehead atoms. The van der Waals surface area contributed by atoms with E-state index in [1.807, 2.05) is 42.7 Å². The van der Waals surface area contributed by atoms with Gasteiger partial charge in [-0.2, -0.15) is 0 Å². The van der Waals surface area contributed by atoms with Gasteiger partial charge in [0.05, 0.1) is 5.41 Å². The Bertz CT molecular complexity index is 1260. The average molecular weight is 421 g/mol. The van der Waals surface area contributed by atoms with E-state index in [1.54, 1.807) is 0 Å². The maximum absolute atomic E-state index is 13.7. The summed E-state index contributed by atoms with van der Waals surface area (Å²) in [7, 11) is 0. The van der Waals surface area contributed by atoms with Crippen LogP contribution < -0.4 is 5.32 Å². The molecule has 5 rings (SSSR count). The van der Waals surface area contributed by atoms with Gasteiger partial charge >= 0.3 is 0 Å². The van der Waals surface area contributed by atoms with Gasteiger partial charge in [0.15, 0.2) is 0 Å². The van der Waals surface area contributed by atoms with Gasteiger partial charge < -0.3 is 5.32 Å². The van der Waals surface area contributed by atoms with Crippen LogP contribution in [0.25, 0.3) is 21.9 Å². The van der Waals surface area contributed by atoms with E-state index in [1.165, 1.54) is 17.4 Å². The van der Waals surface area contributed by atoms with Crippen LogP contribution in [0.2, 0.25) is 0 Å². The molecule has 0 unspecified atom stereocenters. The number of benzene rings is 3. The number of nitrogens with one attached hydrogen (secondary N) is 1. The van der Waals surface area contributed by atoms with Crippen molar-refractivity contribution in [1.82, 2.24) is 4.98 Å². The van der Waals surface area contributed by atoms with Crippen LogP contribution >= 0.6 is 0 Å². The molecule has 1 N–H and O–H groups in total. The lowest BCUT2D eigenvalue weighted by Gasteiger charge is -2.36. The maximum Gasteiger partial charge on any atom is 0.235 e. The topological polar surface area (TPSA) is 42.0 Å². The minimum Gasteiger partial charge on any atom is -0.325 e. The zero-order valence-corrected chi connectivity index (χ0v) is 18.5. The Morgan fingerprint density at radius 1 is 0.875 bits per heavy atom. The van der Waals surface area contributed by atoms with E-state index in [0.717, 1.165) is 53.4 Å². The number of aryl methyl sites for hydroxylation is 1. The van der Waals surface area contributed by atoms with E-state index >= 15 is 0 Å². The highest BCUT2D eigenvalue weighted by atomic mass is 16.2. The number of carbonyl (C=O) groups is 1. The highest BCUT2D eigenvalue weighted by Gasteiger charge is 2.41. The van der Waals surface area contributed by atoms with Crippen molar-refractivity contribution >= 4 is 22.4 Å². The van der Waals surface area contributed by atoms with E-state index in [2.05, 4.69) is 59.7 Å². The van der Waals surface area contributed by atoms with Crippen LogP contribution in [0, 0.1) is 6.92 Å². The minimum atomic E-state index is -0.445. The van der Waals surface area contributed by atoms with E-state index in [9.17, 15) is 4.79 Å². The second kappa shape index (κ2) is 8.58. The van der Waals surface area contributed by atoms with Crippen LogP contribution in [0.4, 0.5) is 5.69 Å². The predicted octanol–water partition coefficient (Wildman–Crippen LogP) is 7.05. The Balaban J connectivity index is 1.48. The van der Waals surface area contributed by atoms with Crippen molar-refractivity contribution in [1.29, 1.82) is 0 Å². The van der Waals surface area contributed by atoms with Crippen LogP contribution in [0.15, 0.2) is 85.2 Å². The van der Waals surface area contributed by atoms with Crippen molar-refractivity contribution < 1.29 is 4.79 Å². The largest absolute Gasteiger partial charge is 0.325 e. The molecule has 3 aromatic carbocycles. The molecular formula is C29H28N2O. The summed E-state index contributed by atoms with van der Waals surface area (Å²) in [5.74, 6) is 0.112. The standard InChI is InChI=1S/C29H28N2O/c1-21-10-13-26(19-27(21)23-12-11-22-14-17-30-20-24(22)18-23)31-28(32)29(15-6-3-7-16-29)25-8-4-2-5-9-25/h2,4-5,8-14,17-20H,3,6-7,15-16H2,1H3,(H,31,32). The quantitative estimate of drug-likeness (QED) is 0.384. The molecule has 1 fully saturated rings. The first-order valence-corrected chi connectivity index (χ1v) is 11.5. The summed E-state index contributed by atoms with van der Waals surface area (Å²) in [5, 5.41) is 5.56. The molecule has 1 aliphatic rings. The number of amides is 1. The van der Waals surface area contributed by atoms with Crippen molar-refractivity contribution in [3.63, 3.8) is 0 Å². The smallest absolute Gasteiger partial charge is 0.235 e. The molecular weight excluding hydrogens is 392 g/mol. The second-order valence-corrected chi connectivity index (χ2v) is 8.93. The van der Waals surface area contributed by atoms with Gasteiger partial charge in [0.1, 0.15) is 0 Å². The van der Waals surface area contributed by atoms with Crippen molar-refractivity contribution in [2.24, 2.45) is 0 Å². The monoisotopic (exact) mass is 420 g/mol. The first kappa shape index (κ1) is 20.4. The number of nitrogens with zero attached hydrogens (tertiary/aromatic N) is 1. The summed E-state index contributed by atoms with van der Waals surface area (Å²) < 4.78 is 0. The molecule has 1 heterocycles. The highest BCUT2D eigenvalue weighted by molar-refractivity contribution is 6.00. The molecule has 3 nitrogen and oxygen atoms in total. The van der Waals surface area contributed by atoms with E-state index in [-0.39, 0.29) is 5.91 Å². The number of fused-ring (bicyclic) bond motifs is 1. The Kier molecular flexibility index (Phi) is 5.48. The van der Waals surface area contributed by atoms with Gasteiger partial charge in [0, 0.05) is 23.5 Å². The lowest BCUT2D eigenvalue weighted by atomic mass is 9.68. The summed E-state index contributed by atoms with van der Waals surface area (Å²) in [6.45, 7) is 2.11. The molecule has 1 amide bonds. The lowest BCUT2D eigenvalue weighted by Crippen LogP contribution is -2.42. The number of hydrogen-bond acceptors (Lipinski definition) is 2. The molecule has 1 aliphatic carbocycles. The Labute approximate surface area is 189 Å². The van der Waals surface area contributed by atoms with Crippen LogP contribution in [0.1, 0.15) is 43.2 Å². The summed E-state index contributed by atoms with van der Waals surface area (Å²) in [6, 6.07) is 25.0. The number of hydrogen-bond donors (Lipinski definition) is 1. The molecule has 4 aromatic rings. The van der Waals surface area contributed by atoms with Gasteiger partial charge in [-0.3, -0.25) is 9.78 Å². The number of anilines is 1. The van der Waals surface area contributed by atoms with Gasteiger partial charge in [0.2, 0.25) is 5.91 Å². The third kappa shape index (κ3) is 3.80. The summed E-state index contributed by atoms with van der Waals surface area (Å²) in [5.41, 5.74) is 4.98. The molecule has 0 saturated heterocycles. The van der Waals surface area contributed by atoms with E-state index < -0.39 is 5.41 Å². The van der Waals surface area contributed by atoms with Gasteiger partial charge in [0.25, 0.3) is 0 Å². The molecule has 1 saturated carbocycles. The van der Waals surface area contributed by atoms with E-state index in [4.69, 9.17) is 0 Å². The Hall–Kier alpha value is -3.46. The summed E-state index contributed by atoms with van der Waals surface area (Å²) in [6.07, 6.45) is 8.90. The van der Waals surface area contributed by atoms with Crippen LogP contribution in [0.3, 0.4) is 0 Å². The van der Waals surface area contributed by atoms with Gasteiger partial charge in [-0.25, -0.2) is 0 Å². The van der Waals surface area contributed by atoms with Gasteiger partial charge in [-0.1, -0.05) is 67.8 Å². The summed E-state index contributed by atoms with van der Waals surface area (Å²) >= 11 is 0. The maximum atomic E-state index is 13.7. The van der Waals surface area contributed by atoms with Crippen molar-refractivity contribution in [3.8, 4) is 11.1 Å². The fraction of sp³-hybridized carbons (Fsp3) is 0.241. The third-order valence-electron chi connectivity index (χ3n) is 6.92. The molecule has 3 heteroatoms. The minimum absolute atomic E-state index is 0.112. The van der Waals surface area contributed by atoms with Crippen LogP contribution in [0.5, 0.6) is 0 Å². The molecule has 160 valence electrons. The zero-order chi connectivity index (χ0) is 22.0. The average Bonchev–Trinajstić information content (AvgIpc) is 2.86. The van der Waals surface area contributed by atoms with Crippen LogP contribution in [-0.2, 0) is 10.2 Å². The van der Waals surface area contributed by atoms with E-state index in [0.29, 0.717) is 0 Å². The second-order valence-electron chi connectivity index (χ2n) is 8.93. The lowest BCUT2D eigenvalue weighted by molar-refractivity contribution is -0.122. The predicted molar refractivity (Wildman–Crippen MR) is 132 cm³/mol. The number of carbonyl (C=O) groups excluding carboxylic acids is 1. The fourth-order valence-electron chi connectivity index (χ4n) is 5.07. The Morgan fingerprint density at radius 3 is 2.50 bits per heavy atom. The van der Waals surface area contributed by atoms with Crippen molar-refractivity contribution in [3.05, 3.63) is 96.3 Å². The molecule has 32 heavy (non-hydrogen) atoms. The number of aromatic nitrogens is 1. The number of rotatable bonds is 4. The number of pyridine rings is 1.